The van der Waals surface area contributed by atoms with E-state index in [0.717, 1.165) is 18.9 Å². The number of hydrogen-bond donors (Lipinski definition) is 0. The highest BCUT2D eigenvalue weighted by molar-refractivity contribution is 6.18. The molecular weight excluding hydrogens is 206 g/mol. The van der Waals surface area contributed by atoms with Gasteiger partial charge in [-0.25, -0.2) is 0 Å². The Morgan fingerprint density at radius 1 is 1.20 bits per heavy atom. The van der Waals surface area contributed by atoms with Crippen LogP contribution in [0.15, 0.2) is 24.3 Å². The molecule has 1 aromatic rings. The minimum atomic E-state index is 0.671. The Balaban J connectivity index is 2.63. The number of alkyl halides is 1. The van der Waals surface area contributed by atoms with Gasteiger partial charge in [0.05, 0.1) is 0 Å². The highest BCUT2D eigenvalue weighted by Gasteiger charge is 2.01. The lowest BCUT2D eigenvalue weighted by Gasteiger charge is -2.18. The molecule has 0 saturated heterocycles. The van der Waals surface area contributed by atoms with E-state index in [4.69, 9.17) is 11.6 Å². The lowest BCUT2D eigenvalue weighted by molar-refractivity contribution is 0.647. The van der Waals surface area contributed by atoms with Crippen molar-refractivity contribution < 1.29 is 0 Å². The minimum Gasteiger partial charge on any atom is -0.373 e. The molecule has 1 rings (SSSR count). The van der Waals surface area contributed by atoms with Crippen molar-refractivity contribution in [3.63, 3.8) is 0 Å². The van der Waals surface area contributed by atoms with Crippen molar-refractivity contribution in [2.24, 2.45) is 5.92 Å². The summed E-state index contributed by atoms with van der Waals surface area (Å²) in [5, 5.41) is 0. The second kappa shape index (κ2) is 6.02. The normalized spacial score (nSPS) is 10.7. The molecule has 84 valence electrons. The predicted molar refractivity (Wildman–Crippen MR) is 69.0 cm³/mol. The van der Waals surface area contributed by atoms with E-state index in [-0.39, 0.29) is 0 Å². The Labute approximate surface area is 98.0 Å². The van der Waals surface area contributed by atoms with Gasteiger partial charge in [0.25, 0.3) is 0 Å². The van der Waals surface area contributed by atoms with Crippen LogP contribution in [-0.4, -0.2) is 19.5 Å². The molecule has 0 bridgehead atoms. The molecule has 0 heterocycles. The van der Waals surface area contributed by atoms with Crippen LogP contribution in [-0.2, 0) is 6.42 Å². The third-order valence-electron chi connectivity index (χ3n) is 2.44. The Kier molecular flexibility index (Phi) is 4.97. The molecule has 0 spiro atoms. The predicted octanol–water partition coefficient (Wildman–Crippen LogP) is 3.56. The number of benzene rings is 1. The monoisotopic (exact) mass is 225 g/mol. The van der Waals surface area contributed by atoms with Gasteiger partial charge in [-0.1, -0.05) is 26.0 Å². The van der Waals surface area contributed by atoms with Gasteiger partial charge in [-0.2, -0.15) is 0 Å². The van der Waals surface area contributed by atoms with Crippen molar-refractivity contribution in [2.75, 3.05) is 24.4 Å². The van der Waals surface area contributed by atoms with Gasteiger partial charge < -0.3 is 4.90 Å². The Morgan fingerprint density at radius 3 is 2.27 bits per heavy atom. The quantitative estimate of drug-likeness (QED) is 0.693. The van der Waals surface area contributed by atoms with E-state index in [1.54, 1.807) is 0 Å². The number of rotatable bonds is 5. The van der Waals surface area contributed by atoms with Crippen LogP contribution < -0.4 is 4.90 Å². The summed E-state index contributed by atoms with van der Waals surface area (Å²) in [6.45, 7) is 5.38. The average molecular weight is 226 g/mol. The maximum Gasteiger partial charge on any atom is 0.0399 e. The summed E-state index contributed by atoms with van der Waals surface area (Å²) in [5.41, 5.74) is 2.65. The van der Waals surface area contributed by atoms with Crippen molar-refractivity contribution in [3.05, 3.63) is 29.8 Å². The van der Waals surface area contributed by atoms with Crippen molar-refractivity contribution in [1.29, 1.82) is 0 Å². The van der Waals surface area contributed by atoms with Crippen LogP contribution in [0.25, 0.3) is 0 Å². The van der Waals surface area contributed by atoms with Gasteiger partial charge >= 0.3 is 0 Å². The standard InChI is InChI=1S/C13H20ClN/c1-11(2)10-12-4-6-13(7-5-12)15(3)9-8-14/h4-7,11H,8-10H2,1-3H3. The average Bonchev–Trinajstić information content (AvgIpc) is 2.18. The topological polar surface area (TPSA) is 3.24 Å². The number of hydrogen-bond acceptors (Lipinski definition) is 1. The number of anilines is 1. The fourth-order valence-corrected chi connectivity index (χ4v) is 1.87. The van der Waals surface area contributed by atoms with Crippen LogP contribution in [0.5, 0.6) is 0 Å². The zero-order valence-electron chi connectivity index (χ0n) is 9.83. The van der Waals surface area contributed by atoms with Crippen molar-refractivity contribution in [1.82, 2.24) is 0 Å². The van der Waals surface area contributed by atoms with Crippen molar-refractivity contribution in [2.45, 2.75) is 20.3 Å². The molecule has 0 radical (unpaired) electrons. The first kappa shape index (κ1) is 12.4. The van der Waals surface area contributed by atoms with Crippen molar-refractivity contribution >= 4 is 17.3 Å². The molecule has 0 fully saturated rings. The minimum absolute atomic E-state index is 0.671. The third-order valence-corrected chi connectivity index (χ3v) is 2.61. The molecule has 1 aromatic carbocycles. The summed E-state index contributed by atoms with van der Waals surface area (Å²) in [6.07, 6.45) is 1.15. The molecule has 0 atom stereocenters. The first-order valence-corrected chi connectivity index (χ1v) is 6.03. The lowest BCUT2D eigenvalue weighted by Crippen LogP contribution is -2.19. The Morgan fingerprint density at radius 2 is 1.80 bits per heavy atom. The molecular formula is C13H20ClN. The molecule has 0 aliphatic carbocycles. The molecule has 2 heteroatoms. The largest absolute Gasteiger partial charge is 0.373 e. The number of nitrogens with zero attached hydrogens (tertiary/aromatic N) is 1. The van der Waals surface area contributed by atoms with Crippen LogP contribution in [0.2, 0.25) is 0 Å². The summed E-state index contributed by atoms with van der Waals surface area (Å²) >= 11 is 5.70. The molecule has 15 heavy (non-hydrogen) atoms. The van der Waals surface area contributed by atoms with E-state index in [2.05, 4.69) is 50.1 Å². The first-order chi connectivity index (χ1) is 7.13. The molecule has 0 amide bonds. The Hall–Kier alpha value is -0.690. The number of halogens is 1. The van der Waals surface area contributed by atoms with Gasteiger partial charge in [0, 0.05) is 25.2 Å². The second-order valence-electron chi connectivity index (χ2n) is 4.37. The van der Waals surface area contributed by atoms with E-state index >= 15 is 0 Å². The molecule has 0 N–H and O–H groups in total. The second-order valence-corrected chi connectivity index (χ2v) is 4.75. The fourth-order valence-electron chi connectivity index (χ4n) is 1.61. The van der Waals surface area contributed by atoms with Gasteiger partial charge in [0.2, 0.25) is 0 Å². The molecule has 1 nitrogen and oxygen atoms in total. The van der Waals surface area contributed by atoms with Crippen LogP contribution in [0.3, 0.4) is 0 Å². The fraction of sp³-hybridized carbons (Fsp3) is 0.538. The lowest BCUT2D eigenvalue weighted by atomic mass is 10.0. The van der Waals surface area contributed by atoms with E-state index < -0.39 is 0 Å². The summed E-state index contributed by atoms with van der Waals surface area (Å²) in [7, 11) is 2.07. The summed E-state index contributed by atoms with van der Waals surface area (Å²) in [5.74, 6) is 1.39. The van der Waals surface area contributed by atoms with Gasteiger partial charge in [-0.15, -0.1) is 11.6 Å². The highest BCUT2D eigenvalue weighted by atomic mass is 35.5. The molecule has 0 aromatic heterocycles. The van der Waals surface area contributed by atoms with Gasteiger partial charge in [-0.05, 0) is 30.0 Å². The zero-order valence-corrected chi connectivity index (χ0v) is 10.6. The Bertz CT molecular complexity index is 279. The summed E-state index contributed by atoms with van der Waals surface area (Å²) in [6, 6.07) is 8.76. The molecule has 0 aliphatic heterocycles. The maximum absolute atomic E-state index is 5.70. The molecule has 0 aliphatic rings. The van der Waals surface area contributed by atoms with Gasteiger partial charge in [-0.3, -0.25) is 0 Å². The van der Waals surface area contributed by atoms with Gasteiger partial charge in [0.15, 0.2) is 0 Å². The van der Waals surface area contributed by atoms with E-state index in [9.17, 15) is 0 Å². The summed E-state index contributed by atoms with van der Waals surface area (Å²) in [4.78, 5) is 2.17. The smallest absolute Gasteiger partial charge is 0.0399 e. The third kappa shape index (κ3) is 4.13. The zero-order chi connectivity index (χ0) is 11.3. The summed E-state index contributed by atoms with van der Waals surface area (Å²) < 4.78 is 0. The van der Waals surface area contributed by atoms with Crippen LogP contribution in [0.1, 0.15) is 19.4 Å². The molecule has 0 unspecified atom stereocenters. The highest BCUT2D eigenvalue weighted by Crippen LogP contribution is 2.15. The van der Waals surface area contributed by atoms with Crippen molar-refractivity contribution in [3.8, 4) is 0 Å². The SMILES string of the molecule is CC(C)Cc1ccc(N(C)CCCl)cc1. The van der Waals surface area contributed by atoms with Gasteiger partial charge in [0.1, 0.15) is 0 Å². The molecule has 0 saturated carbocycles. The van der Waals surface area contributed by atoms with E-state index in [1.807, 2.05) is 0 Å². The van der Waals surface area contributed by atoms with Crippen LogP contribution in [0.4, 0.5) is 5.69 Å². The first-order valence-electron chi connectivity index (χ1n) is 5.49. The van der Waals surface area contributed by atoms with E-state index in [0.29, 0.717) is 5.88 Å². The van der Waals surface area contributed by atoms with Crippen LogP contribution in [0, 0.1) is 5.92 Å². The van der Waals surface area contributed by atoms with Crippen LogP contribution >= 0.6 is 11.6 Å². The van der Waals surface area contributed by atoms with E-state index in [1.165, 1.54) is 11.3 Å². The maximum atomic E-state index is 5.70.